The van der Waals surface area contributed by atoms with Crippen LogP contribution in [0.1, 0.15) is 24.1 Å². The molecule has 1 aromatic heterocycles. The molecule has 8 nitrogen and oxygen atoms in total. The van der Waals surface area contributed by atoms with Gasteiger partial charge in [-0.3, -0.25) is 4.90 Å². The van der Waals surface area contributed by atoms with E-state index in [-0.39, 0.29) is 19.3 Å². The van der Waals surface area contributed by atoms with Crippen LogP contribution in [0.15, 0.2) is 54.6 Å². The molecule has 0 unspecified atom stereocenters. The molecule has 1 N–H and O–H groups in total. The van der Waals surface area contributed by atoms with E-state index in [4.69, 9.17) is 30.5 Å². The van der Waals surface area contributed by atoms with Gasteiger partial charge in [-0.15, -0.1) is 6.42 Å². The van der Waals surface area contributed by atoms with Crippen LogP contribution >= 0.6 is 0 Å². The van der Waals surface area contributed by atoms with Crippen LogP contribution in [-0.4, -0.2) is 72.0 Å². The number of hydrogen-bond acceptors (Lipinski definition) is 7. The SMILES string of the molecule is C#CCOC[C@H](O)CN(Cc1c(C)nn(-c2ccccc2)c1Oc1ccccc1OC)C[C@@H]1CCCO1. The summed E-state index contributed by atoms with van der Waals surface area (Å²) < 4.78 is 25.1. The number of aryl methyl sites for hydroxylation is 1. The zero-order chi connectivity index (χ0) is 26.0. The van der Waals surface area contributed by atoms with E-state index in [1.807, 2.05) is 66.2 Å². The number of benzene rings is 2. The Hall–Kier alpha value is -3.35. The third kappa shape index (κ3) is 7.12. The highest BCUT2D eigenvalue weighted by atomic mass is 16.5. The Kier molecular flexibility index (Phi) is 9.58. The lowest BCUT2D eigenvalue weighted by Gasteiger charge is -2.27. The Balaban J connectivity index is 1.66. The second-order valence-electron chi connectivity index (χ2n) is 9.07. The molecular formula is C29H35N3O5. The first-order valence-corrected chi connectivity index (χ1v) is 12.6. The first-order valence-electron chi connectivity index (χ1n) is 12.6. The number of hydrogen-bond donors (Lipinski definition) is 1. The van der Waals surface area contributed by atoms with Crippen LogP contribution in [0.2, 0.25) is 0 Å². The number of terminal acetylenes is 1. The highest BCUT2D eigenvalue weighted by Crippen LogP contribution is 2.36. The largest absolute Gasteiger partial charge is 0.493 e. The van der Waals surface area contributed by atoms with Gasteiger partial charge in [-0.25, -0.2) is 4.68 Å². The summed E-state index contributed by atoms with van der Waals surface area (Å²) in [5.41, 5.74) is 2.64. The van der Waals surface area contributed by atoms with Gasteiger partial charge in [0.05, 0.1) is 42.9 Å². The summed E-state index contributed by atoms with van der Waals surface area (Å²) in [7, 11) is 1.62. The number of nitrogens with zero attached hydrogens (tertiary/aromatic N) is 3. The van der Waals surface area contributed by atoms with Crippen molar-refractivity contribution < 1.29 is 24.1 Å². The van der Waals surface area contributed by atoms with E-state index >= 15 is 0 Å². The van der Waals surface area contributed by atoms with E-state index in [0.717, 1.165) is 36.4 Å². The minimum Gasteiger partial charge on any atom is -0.493 e. The molecule has 1 saturated heterocycles. The fraction of sp³-hybridized carbons (Fsp3) is 0.414. The number of aromatic nitrogens is 2. The molecule has 8 heteroatoms. The zero-order valence-electron chi connectivity index (χ0n) is 21.5. The van der Waals surface area contributed by atoms with Crippen molar-refractivity contribution in [2.45, 2.75) is 38.5 Å². The van der Waals surface area contributed by atoms with Crippen molar-refractivity contribution in [1.82, 2.24) is 14.7 Å². The lowest BCUT2D eigenvalue weighted by Crippen LogP contribution is -2.39. The van der Waals surface area contributed by atoms with Gasteiger partial charge in [0.15, 0.2) is 11.5 Å². The predicted octanol–water partition coefficient (Wildman–Crippen LogP) is 3.97. The summed E-state index contributed by atoms with van der Waals surface area (Å²) in [6, 6.07) is 17.4. The van der Waals surface area contributed by atoms with Crippen molar-refractivity contribution in [2.75, 3.05) is 40.0 Å². The molecule has 2 heterocycles. The van der Waals surface area contributed by atoms with E-state index in [1.165, 1.54) is 0 Å². The fourth-order valence-corrected chi connectivity index (χ4v) is 4.48. The quantitative estimate of drug-likeness (QED) is 0.278. The van der Waals surface area contributed by atoms with Crippen LogP contribution < -0.4 is 9.47 Å². The van der Waals surface area contributed by atoms with E-state index in [9.17, 15) is 5.11 Å². The van der Waals surface area contributed by atoms with Crippen molar-refractivity contribution >= 4 is 0 Å². The summed E-state index contributed by atoms with van der Waals surface area (Å²) in [6.07, 6.45) is 6.73. The molecule has 0 bridgehead atoms. The van der Waals surface area contributed by atoms with Crippen LogP contribution in [0.3, 0.4) is 0 Å². The van der Waals surface area contributed by atoms with E-state index < -0.39 is 6.10 Å². The molecule has 0 aliphatic carbocycles. The zero-order valence-corrected chi connectivity index (χ0v) is 21.5. The number of methoxy groups -OCH3 is 1. The summed E-state index contributed by atoms with van der Waals surface area (Å²) in [6.45, 7) is 4.65. The van der Waals surface area contributed by atoms with Gasteiger partial charge in [-0.1, -0.05) is 36.3 Å². The highest BCUT2D eigenvalue weighted by Gasteiger charge is 2.26. The maximum atomic E-state index is 10.7. The second kappa shape index (κ2) is 13.3. The number of ether oxygens (including phenoxy) is 4. The number of aliphatic hydroxyl groups excluding tert-OH is 1. The van der Waals surface area contributed by atoms with Gasteiger partial charge in [-0.05, 0) is 44.0 Å². The van der Waals surface area contributed by atoms with Crippen LogP contribution in [0.4, 0.5) is 0 Å². The van der Waals surface area contributed by atoms with Crippen molar-refractivity contribution in [2.24, 2.45) is 0 Å². The second-order valence-corrected chi connectivity index (χ2v) is 9.07. The molecule has 37 heavy (non-hydrogen) atoms. The van der Waals surface area contributed by atoms with Gasteiger partial charge in [0.1, 0.15) is 6.61 Å². The molecule has 2 atom stereocenters. The Morgan fingerprint density at radius 1 is 1.19 bits per heavy atom. The molecule has 0 amide bonds. The van der Waals surface area contributed by atoms with Gasteiger partial charge in [0, 0.05) is 26.2 Å². The lowest BCUT2D eigenvalue weighted by atomic mass is 10.1. The topological polar surface area (TPSA) is 78.2 Å². The van der Waals surface area contributed by atoms with Crippen molar-refractivity contribution in [3.8, 4) is 35.4 Å². The summed E-state index contributed by atoms with van der Waals surface area (Å²) in [5, 5.41) is 15.5. The summed E-state index contributed by atoms with van der Waals surface area (Å²) >= 11 is 0. The van der Waals surface area contributed by atoms with Crippen LogP contribution in [0, 0.1) is 19.3 Å². The third-order valence-corrected chi connectivity index (χ3v) is 6.25. The van der Waals surface area contributed by atoms with Gasteiger partial charge in [0.2, 0.25) is 5.88 Å². The molecule has 0 spiro atoms. The minimum atomic E-state index is -0.696. The maximum Gasteiger partial charge on any atom is 0.227 e. The normalized spacial score (nSPS) is 16.0. The minimum absolute atomic E-state index is 0.113. The molecular weight excluding hydrogens is 470 g/mol. The summed E-state index contributed by atoms with van der Waals surface area (Å²) in [4.78, 5) is 2.17. The average Bonchev–Trinajstić information content (AvgIpc) is 3.53. The molecule has 4 rings (SSSR count). The van der Waals surface area contributed by atoms with Gasteiger partial charge in [-0.2, -0.15) is 5.10 Å². The van der Waals surface area contributed by atoms with Crippen LogP contribution in [-0.2, 0) is 16.0 Å². The van der Waals surface area contributed by atoms with Crippen molar-refractivity contribution in [3.63, 3.8) is 0 Å². The van der Waals surface area contributed by atoms with Gasteiger partial charge < -0.3 is 24.1 Å². The fourth-order valence-electron chi connectivity index (χ4n) is 4.48. The number of para-hydroxylation sites is 3. The standard InChI is InChI=1S/C29H35N3O5/c1-4-16-35-21-24(33)18-31(19-25-13-10-17-36-25)20-26-22(2)30-32(23-11-6-5-7-12-23)29(26)37-28-15-9-8-14-27(28)34-3/h1,5-9,11-12,14-15,24-25,33H,10,13,16-21H2,2-3H3/t24-,25+/m1/s1. The Labute approximate surface area is 218 Å². The smallest absolute Gasteiger partial charge is 0.227 e. The van der Waals surface area contributed by atoms with Crippen LogP contribution in [0.25, 0.3) is 5.69 Å². The van der Waals surface area contributed by atoms with Crippen LogP contribution in [0.5, 0.6) is 17.4 Å². The van der Waals surface area contributed by atoms with E-state index in [0.29, 0.717) is 37.0 Å². The first-order chi connectivity index (χ1) is 18.1. The highest BCUT2D eigenvalue weighted by molar-refractivity contribution is 5.47. The van der Waals surface area contributed by atoms with E-state index in [2.05, 4.69) is 10.8 Å². The lowest BCUT2D eigenvalue weighted by molar-refractivity contribution is 0.00935. The molecule has 0 saturated carbocycles. The molecule has 1 fully saturated rings. The molecule has 196 valence electrons. The van der Waals surface area contributed by atoms with Crippen molar-refractivity contribution in [1.29, 1.82) is 0 Å². The predicted molar refractivity (Wildman–Crippen MR) is 141 cm³/mol. The molecule has 0 radical (unpaired) electrons. The Morgan fingerprint density at radius 2 is 1.95 bits per heavy atom. The Morgan fingerprint density at radius 3 is 2.65 bits per heavy atom. The number of aliphatic hydroxyl groups is 1. The van der Waals surface area contributed by atoms with Gasteiger partial charge >= 0.3 is 0 Å². The summed E-state index contributed by atoms with van der Waals surface area (Å²) in [5.74, 6) is 4.26. The van der Waals surface area contributed by atoms with Gasteiger partial charge in [0.25, 0.3) is 0 Å². The molecule has 1 aliphatic rings. The third-order valence-electron chi connectivity index (χ3n) is 6.25. The average molecular weight is 506 g/mol. The molecule has 1 aliphatic heterocycles. The van der Waals surface area contributed by atoms with E-state index in [1.54, 1.807) is 7.11 Å². The monoisotopic (exact) mass is 505 g/mol. The Bertz CT molecular complexity index is 1170. The first kappa shape index (κ1) is 26.7. The number of rotatable bonds is 13. The molecule has 2 aromatic carbocycles. The maximum absolute atomic E-state index is 10.7. The molecule has 3 aromatic rings. The van der Waals surface area contributed by atoms with Crippen molar-refractivity contribution in [3.05, 3.63) is 65.9 Å².